The normalized spacial score (nSPS) is 25.0. The van der Waals surface area contributed by atoms with Crippen LogP contribution < -0.4 is 0 Å². The minimum Gasteiger partial charge on any atom is -0.508 e. The molecule has 2 nitrogen and oxygen atoms in total. The summed E-state index contributed by atoms with van der Waals surface area (Å²) in [5.74, 6) is 1.25. The van der Waals surface area contributed by atoms with Crippen molar-refractivity contribution in [3.05, 3.63) is 59.7 Å². The van der Waals surface area contributed by atoms with Crippen molar-refractivity contribution in [2.24, 2.45) is 5.41 Å². The summed E-state index contributed by atoms with van der Waals surface area (Å²) in [6.07, 6.45) is 5.97. The lowest BCUT2D eigenvalue weighted by Crippen LogP contribution is -2.27. The maximum Gasteiger partial charge on any atom is 0.115 e. The van der Waals surface area contributed by atoms with Crippen molar-refractivity contribution in [1.29, 1.82) is 0 Å². The van der Waals surface area contributed by atoms with Crippen molar-refractivity contribution < 1.29 is 10.2 Å². The van der Waals surface area contributed by atoms with Gasteiger partial charge in [0.25, 0.3) is 0 Å². The molecular weight excluding hydrogens is 272 g/mol. The fourth-order valence-electron chi connectivity index (χ4n) is 3.87. The number of rotatable bonds is 3. The highest BCUT2D eigenvalue weighted by Gasteiger charge is 2.32. The predicted octanol–water partition coefficient (Wildman–Crippen LogP) is 5.00. The van der Waals surface area contributed by atoms with E-state index >= 15 is 0 Å². The van der Waals surface area contributed by atoms with Crippen molar-refractivity contribution in [3.8, 4) is 11.5 Å². The molecule has 2 unspecified atom stereocenters. The molecule has 22 heavy (non-hydrogen) atoms. The van der Waals surface area contributed by atoms with E-state index in [2.05, 4.69) is 19.1 Å². The largest absolute Gasteiger partial charge is 0.508 e. The van der Waals surface area contributed by atoms with Crippen LogP contribution >= 0.6 is 0 Å². The van der Waals surface area contributed by atoms with Gasteiger partial charge in [0.1, 0.15) is 11.5 Å². The molecule has 0 saturated heterocycles. The second kappa shape index (κ2) is 6.04. The van der Waals surface area contributed by atoms with Crippen molar-refractivity contribution in [2.75, 3.05) is 0 Å². The molecule has 0 aliphatic heterocycles. The zero-order chi connectivity index (χ0) is 15.6. The van der Waals surface area contributed by atoms with Gasteiger partial charge in [-0.05, 0) is 72.4 Å². The lowest BCUT2D eigenvalue weighted by Gasteiger charge is -2.39. The summed E-state index contributed by atoms with van der Waals surface area (Å²) in [7, 11) is 0. The number of benzene rings is 2. The average molecular weight is 296 g/mol. The van der Waals surface area contributed by atoms with E-state index in [1.165, 1.54) is 36.8 Å². The van der Waals surface area contributed by atoms with Gasteiger partial charge >= 0.3 is 0 Å². The molecule has 3 rings (SSSR count). The number of phenols is 2. The summed E-state index contributed by atoms with van der Waals surface area (Å²) in [5, 5.41) is 18.9. The molecule has 2 heteroatoms. The highest BCUT2D eigenvalue weighted by molar-refractivity contribution is 5.30. The molecule has 2 aromatic rings. The monoisotopic (exact) mass is 296 g/mol. The zero-order valence-electron chi connectivity index (χ0n) is 13.1. The van der Waals surface area contributed by atoms with Crippen LogP contribution in [0.3, 0.4) is 0 Å². The standard InChI is InChI=1S/C20H24O2/c1-20(13-15-4-8-18(21)9-5-15)12-2-3-17(14-20)16-6-10-19(22)11-7-16/h4-11,17,21-22H,2-3,12-14H2,1H3. The van der Waals surface area contributed by atoms with Crippen molar-refractivity contribution in [2.45, 2.75) is 44.9 Å². The SMILES string of the molecule is CC1(Cc2ccc(O)cc2)CCCC(c2ccc(O)cc2)C1. The highest BCUT2D eigenvalue weighted by atomic mass is 16.3. The van der Waals surface area contributed by atoms with E-state index < -0.39 is 0 Å². The second-order valence-corrected chi connectivity index (χ2v) is 7.04. The first-order valence-corrected chi connectivity index (χ1v) is 8.11. The Balaban J connectivity index is 1.73. The van der Waals surface area contributed by atoms with Crippen LogP contribution in [0.2, 0.25) is 0 Å². The summed E-state index contributed by atoms with van der Waals surface area (Å²) in [6, 6.07) is 15.3. The molecule has 0 radical (unpaired) electrons. The number of hydrogen-bond acceptors (Lipinski definition) is 2. The molecule has 0 aromatic heterocycles. The van der Waals surface area contributed by atoms with Gasteiger partial charge in [0, 0.05) is 0 Å². The molecule has 1 fully saturated rings. The van der Waals surface area contributed by atoms with Crippen LogP contribution in [0.5, 0.6) is 11.5 Å². The Morgan fingerprint density at radius 2 is 1.55 bits per heavy atom. The summed E-state index contributed by atoms with van der Waals surface area (Å²) >= 11 is 0. The van der Waals surface area contributed by atoms with Crippen molar-refractivity contribution in [1.82, 2.24) is 0 Å². The topological polar surface area (TPSA) is 40.5 Å². The lowest BCUT2D eigenvalue weighted by atomic mass is 9.66. The third kappa shape index (κ3) is 3.44. The first kappa shape index (κ1) is 15.0. The maximum atomic E-state index is 9.45. The first-order chi connectivity index (χ1) is 10.5. The quantitative estimate of drug-likeness (QED) is 0.836. The molecule has 0 bridgehead atoms. The van der Waals surface area contributed by atoms with Crippen molar-refractivity contribution >= 4 is 0 Å². The van der Waals surface area contributed by atoms with Crippen LogP contribution in [0, 0.1) is 5.41 Å². The number of aromatic hydroxyl groups is 2. The molecule has 116 valence electrons. The van der Waals surface area contributed by atoms with Crippen LogP contribution in [-0.2, 0) is 6.42 Å². The third-order valence-corrected chi connectivity index (χ3v) is 5.00. The summed E-state index contributed by atoms with van der Waals surface area (Å²) in [5.41, 5.74) is 2.94. The molecule has 0 spiro atoms. The van der Waals surface area contributed by atoms with Gasteiger partial charge in [-0.2, -0.15) is 0 Å². The van der Waals surface area contributed by atoms with Crippen molar-refractivity contribution in [3.63, 3.8) is 0 Å². The van der Waals surface area contributed by atoms with Gasteiger partial charge < -0.3 is 10.2 Å². The van der Waals surface area contributed by atoms with E-state index in [-0.39, 0.29) is 0 Å². The highest BCUT2D eigenvalue weighted by Crippen LogP contribution is 2.45. The third-order valence-electron chi connectivity index (χ3n) is 5.00. The Bertz CT molecular complexity index is 615. The van der Waals surface area contributed by atoms with Gasteiger partial charge in [0.15, 0.2) is 0 Å². The Morgan fingerprint density at radius 1 is 0.955 bits per heavy atom. The Morgan fingerprint density at radius 3 is 2.18 bits per heavy atom. The Kier molecular flexibility index (Phi) is 4.10. The Hall–Kier alpha value is -1.96. The van der Waals surface area contributed by atoms with E-state index in [1.807, 2.05) is 12.1 Å². The van der Waals surface area contributed by atoms with E-state index in [9.17, 15) is 10.2 Å². The van der Waals surface area contributed by atoms with Gasteiger partial charge in [-0.15, -0.1) is 0 Å². The van der Waals surface area contributed by atoms with E-state index in [0.717, 1.165) is 6.42 Å². The summed E-state index contributed by atoms with van der Waals surface area (Å²) in [6.45, 7) is 2.38. The lowest BCUT2D eigenvalue weighted by molar-refractivity contribution is 0.192. The van der Waals surface area contributed by atoms with E-state index in [1.54, 1.807) is 24.3 Å². The molecule has 1 aliphatic carbocycles. The molecule has 0 heterocycles. The fourth-order valence-corrected chi connectivity index (χ4v) is 3.87. The van der Waals surface area contributed by atoms with Gasteiger partial charge in [-0.25, -0.2) is 0 Å². The number of hydrogen-bond donors (Lipinski definition) is 2. The van der Waals surface area contributed by atoms with Crippen LogP contribution in [0.15, 0.2) is 48.5 Å². The first-order valence-electron chi connectivity index (χ1n) is 8.11. The smallest absolute Gasteiger partial charge is 0.115 e. The Labute approximate surface area is 132 Å². The molecule has 1 saturated carbocycles. The minimum atomic E-state index is 0.303. The molecule has 1 aliphatic rings. The van der Waals surface area contributed by atoms with Crippen LogP contribution in [0.4, 0.5) is 0 Å². The molecule has 0 amide bonds. The molecule has 2 aromatic carbocycles. The molecule has 2 atom stereocenters. The van der Waals surface area contributed by atoms with Gasteiger partial charge in [-0.3, -0.25) is 0 Å². The summed E-state index contributed by atoms with van der Waals surface area (Å²) in [4.78, 5) is 0. The van der Waals surface area contributed by atoms with E-state index in [0.29, 0.717) is 22.8 Å². The zero-order valence-corrected chi connectivity index (χ0v) is 13.1. The molecule has 2 N–H and O–H groups in total. The van der Waals surface area contributed by atoms with Gasteiger partial charge in [-0.1, -0.05) is 37.6 Å². The maximum absolute atomic E-state index is 9.45. The van der Waals surface area contributed by atoms with E-state index in [4.69, 9.17) is 0 Å². The fraction of sp³-hybridized carbons (Fsp3) is 0.400. The predicted molar refractivity (Wildman–Crippen MR) is 89.2 cm³/mol. The van der Waals surface area contributed by atoms with Crippen LogP contribution in [0.1, 0.15) is 49.7 Å². The van der Waals surface area contributed by atoms with Gasteiger partial charge in [0.05, 0.1) is 0 Å². The van der Waals surface area contributed by atoms with Crippen LogP contribution in [0.25, 0.3) is 0 Å². The summed E-state index contributed by atoms with van der Waals surface area (Å²) < 4.78 is 0. The second-order valence-electron chi connectivity index (χ2n) is 7.04. The molecular formula is C20H24O2. The number of phenolic OH excluding ortho intramolecular Hbond substituents is 2. The minimum absolute atomic E-state index is 0.303. The van der Waals surface area contributed by atoms with Gasteiger partial charge in [0.2, 0.25) is 0 Å². The van der Waals surface area contributed by atoms with Crippen LogP contribution in [-0.4, -0.2) is 10.2 Å². The average Bonchev–Trinajstić information content (AvgIpc) is 2.50.